The van der Waals surface area contributed by atoms with Gasteiger partial charge in [-0.1, -0.05) is 25.6 Å². The summed E-state index contributed by atoms with van der Waals surface area (Å²) in [6.07, 6.45) is 2.99. The van der Waals surface area contributed by atoms with Crippen molar-refractivity contribution in [2.45, 2.75) is 51.1 Å². The van der Waals surface area contributed by atoms with Crippen LogP contribution in [0.2, 0.25) is 0 Å². The van der Waals surface area contributed by atoms with Crippen molar-refractivity contribution >= 4 is 28.7 Å². The van der Waals surface area contributed by atoms with Gasteiger partial charge in [-0.05, 0) is 19.3 Å². The maximum absolute atomic E-state index is 11.6. The molecule has 0 bridgehead atoms. The molecule has 0 aromatic carbocycles. The minimum atomic E-state index is -0.415. The van der Waals surface area contributed by atoms with Crippen LogP contribution in [0, 0.1) is 0 Å². The first-order valence-electron chi connectivity index (χ1n) is 6.41. The first-order valence-corrected chi connectivity index (χ1v) is 7.39. The van der Waals surface area contributed by atoms with Gasteiger partial charge in [0.1, 0.15) is 6.04 Å². The highest BCUT2D eigenvalue weighted by molar-refractivity contribution is 8.14. The highest BCUT2D eigenvalue weighted by atomic mass is 32.2. The van der Waals surface area contributed by atoms with E-state index in [4.69, 9.17) is 0 Å². The van der Waals surface area contributed by atoms with Crippen molar-refractivity contribution < 1.29 is 9.59 Å². The Hall–Kier alpha value is -1.04. The number of amides is 2. The summed E-state index contributed by atoms with van der Waals surface area (Å²) in [6.45, 7) is 4.32. The van der Waals surface area contributed by atoms with Crippen LogP contribution in [0.1, 0.15) is 39.5 Å². The summed E-state index contributed by atoms with van der Waals surface area (Å²) in [6, 6.07) is -0.415. The van der Waals surface area contributed by atoms with Gasteiger partial charge in [0, 0.05) is 17.7 Å². The lowest BCUT2D eigenvalue weighted by molar-refractivity contribution is -0.133. The molecular weight excluding hydrogens is 250 g/mol. The van der Waals surface area contributed by atoms with E-state index in [1.807, 2.05) is 0 Å². The molecule has 2 fully saturated rings. The lowest BCUT2D eigenvalue weighted by atomic mass is 9.96. The molecule has 0 spiro atoms. The highest BCUT2D eigenvalue weighted by Gasteiger charge is 2.35. The van der Waals surface area contributed by atoms with Crippen molar-refractivity contribution in [1.82, 2.24) is 10.6 Å². The summed E-state index contributed by atoms with van der Waals surface area (Å²) in [5, 5.41) is 6.60. The zero-order chi connectivity index (χ0) is 13.2. The quantitative estimate of drug-likeness (QED) is 0.751. The third-order valence-corrected chi connectivity index (χ3v) is 4.87. The molecule has 1 unspecified atom stereocenters. The number of aliphatic imine (C=N–C) groups is 1. The SMILES string of the molecule is CCC1(CC)CSC(=NC2CCC(=O)NC2=O)N1. The van der Waals surface area contributed by atoms with Crippen LogP contribution in [0.3, 0.4) is 0 Å². The molecule has 2 N–H and O–H groups in total. The van der Waals surface area contributed by atoms with Gasteiger partial charge in [-0.2, -0.15) is 0 Å². The van der Waals surface area contributed by atoms with Gasteiger partial charge >= 0.3 is 0 Å². The molecule has 2 heterocycles. The molecule has 1 atom stereocenters. The molecular formula is C12H19N3O2S. The summed E-state index contributed by atoms with van der Waals surface area (Å²) in [4.78, 5) is 27.1. The van der Waals surface area contributed by atoms with E-state index in [2.05, 4.69) is 29.5 Å². The first kappa shape index (κ1) is 13.4. The zero-order valence-corrected chi connectivity index (χ0v) is 11.6. The molecule has 2 rings (SSSR count). The Balaban J connectivity index is 2.02. The molecule has 0 aliphatic carbocycles. The smallest absolute Gasteiger partial charge is 0.251 e. The topological polar surface area (TPSA) is 70.6 Å². The number of amidine groups is 1. The average Bonchev–Trinajstić information content (AvgIpc) is 2.77. The van der Waals surface area contributed by atoms with E-state index in [1.54, 1.807) is 11.8 Å². The summed E-state index contributed by atoms with van der Waals surface area (Å²) in [5.74, 6) is 0.526. The van der Waals surface area contributed by atoms with E-state index in [0.29, 0.717) is 12.8 Å². The first-order chi connectivity index (χ1) is 8.58. The fourth-order valence-corrected chi connectivity index (χ4v) is 3.54. The Bertz CT molecular complexity index is 391. The van der Waals surface area contributed by atoms with Crippen molar-refractivity contribution in [2.24, 2.45) is 4.99 Å². The van der Waals surface area contributed by atoms with Crippen LogP contribution in [0.5, 0.6) is 0 Å². The van der Waals surface area contributed by atoms with Gasteiger partial charge in [-0.25, -0.2) is 4.99 Å². The minimum Gasteiger partial charge on any atom is -0.359 e. The number of imide groups is 1. The largest absolute Gasteiger partial charge is 0.359 e. The zero-order valence-electron chi connectivity index (χ0n) is 10.8. The van der Waals surface area contributed by atoms with E-state index in [9.17, 15) is 9.59 Å². The molecule has 100 valence electrons. The third-order valence-electron chi connectivity index (χ3n) is 3.69. The van der Waals surface area contributed by atoms with Gasteiger partial charge < -0.3 is 5.32 Å². The molecule has 2 amide bonds. The maximum Gasteiger partial charge on any atom is 0.251 e. The van der Waals surface area contributed by atoms with Crippen molar-refractivity contribution in [3.05, 3.63) is 0 Å². The number of thioether (sulfide) groups is 1. The second-order valence-electron chi connectivity index (χ2n) is 4.80. The normalized spacial score (nSPS) is 29.2. The maximum atomic E-state index is 11.6. The van der Waals surface area contributed by atoms with Crippen LogP contribution in [-0.2, 0) is 9.59 Å². The molecule has 2 aliphatic rings. The summed E-state index contributed by atoms with van der Waals surface area (Å²) in [5.41, 5.74) is 0.116. The number of carbonyl (C=O) groups is 2. The van der Waals surface area contributed by atoms with Gasteiger partial charge in [0.25, 0.3) is 5.91 Å². The van der Waals surface area contributed by atoms with E-state index >= 15 is 0 Å². The number of nitrogens with zero attached hydrogens (tertiary/aromatic N) is 1. The summed E-state index contributed by atoms with van der Waals surface area (Å²) in [7, 11) is 0. The second-order valence-corrected chi connectivity index (χ2v) is 5.77. The van der Waals surface area contributed by atoms with E-state index < -0.39 is 6.04 Å². The van der Waals surface area contributed by atoms with Gasteiger partial charge in [0.2, 0.25) is 5.91 Å². The fourth-order valence-electron chi connectivity index (χ4n) is 2.15. The summed E-state index contributed by atoms with van der Waals surface area (Å²) < 4.78 is 0. The lowest BCUT2D eigenvalue weighted by Gasteiger charge is -2.25. The Labute approximate surface area is 111 Å². The van der Waals surface area contributed by atoms with Crippen molar-refractivity contribution in [1.29, 1.82) is 0 Å². The molecule has 0 aromatic rings. The predicted molar refractivity (Wildman–Crippen MR) is 72.5 cm³/mol. The van der Waals surface area contributed by atoms with Crippen LogP contribution in [-0.4, -0.2) is 34.3 Å². The average molecular weight is 269 g/mol. The van der Waals surface area contributed by atoms with Crippen LogP contribution in [0.15, 0.2) is 4.99 Å². The molecule has 18 heavy (non-hydrogen) atoms. The number of hydrogen-bond donors (Lipinski definition) is 2. The second kappa shape index (κ2) is 5.30. The molecule has 0 saturated carbocycles. The van der Waals surface area contributed by atoms with Crippen LogP contribution in [0.25, 0.3) is 0 Å². The number of carbonyl (C=O) groups excluding carboxylic acids is 2. The minimum absolute atomic E-state index is 0.116. The fraction of sp³-hybridized carbons (Fsp3) is 0.750. The summed E-state index contributed by atoms with van der Waals surface area (Å²) >= 11 is 1.67. The standard InChI is InChI=1S/C12H19N3O2S/c1-3-12(4-2)7-18-11(15-12)13-8-5-6-9(16)14-10(8)17/h8H,3-7H2,1-2H3,(H,13,15)(H,14,16,17). The van der Waals surface area contributed by atoms with Gasteiger partial charge in [0.15, 0.2) is 5.17 Å². The predicted octanol–water partition coefficient (Wildman–Crippen LogP) is 1.04. The molecule has 2 aliphatic heterocycles. The molecule has 2 saturated heterocycles. The van der Waals surface area contributed by atoms with Crippen LogP contribution < -0.4 is 10.6 Å². The van der Waals surface area contributed by atoms with Gasteiger partial charge in [0.05, 0.1) is 0 Å². The van der Waals surface area contributed by atoms with Gasteiger partial charge in [-0.3, -0.25) is 14.9 Å². The van der Waals surface area contributed by atoms with E-state index in [0.717, 1.165) is 23.8 Å². The number of nitrogens with one attached hydrogen (secondary N) is 2. The van der Waals surface area contributed by atoms with Gasteiger partial charge in [-0.15, -0.1) is 0 Å². The monoisotopic (exact) mass is 269 g/mol. The number of piperidine rings is 1. The van der Waals surface area contributed by atoms with Crippen molar-refractivity contribution in [2.75, 3.05) is 5.75 Å². The van der Waals surface area contributed by atoms with E-state index in [1.165, 1.54) is 0 Å². The Morgan fingerprint density at radius 1 is 1.39 bits per heavy atom. The third kappa shape index (κ3) is 2.68. The Kier molecular flexibility index (Phi) is 3.94. The molecule has 0 radical (unpaired) electrons. The van der Waals surface area contributed by atoms with Crippen molar-refractivity contribution in [3.8, 4) is 0 Å². The van der Waals surface area contributed by atoms with Crippen molar-refractivity contribution in [3.63, 3.8) is 0 Å². The Morgan fingerprint density at radius 3 is 2.67 bits per heavy atom. The van der Waals surface area contributed by atoms with E-state index in [-0.39, 0.29) is 17.4 Å². The lowest BCUT2D eigenvalue weighted by Crippen LogP contribution is -2.45. The molecule has 5 nitrogen and oxygen atoms in total. The highest BCUT2D eigenvalue weighted by Crippen LogP contribution is 2.29. The Morgan fingerprint density at radius 2 is 2.11 bits per heavy atom. The molecule has 0 aromatic heterocycles. The number of rotatable bonds is 3. The van der Waals surface area contributed by atoms with Crippen LogP contribution in [0.4, 0.5) is 0 Å². The number of hydrogen-bond acceptors (Lipinski definition) is 4. The molecule has 6 heteroatoms. The van der Waals surface area contributed by atoms with Crippen LogP contribution >= 0.6 is 11.8 Å².